The lowest BCUT2D eigenvalue weighted by Crippen LogP contribution is -2.47. The van der Waals surface area contributed by atoms with Crippen molar-refractivity contribution < 1.29 is 0 Å². The van der Waals surface area contributed by atoms with Gasteiger partial charge in [0.1, 0.15) is 18.2 Å². The lowest BCUT2D eigenvalue weighted by molar-refractivity contribution is 0.485. The van der Waals surface area contributed by atoms with E-state index in [-0.39, 0.29) is 0 Å². The molecule has 1 aromatic heterocycles. The Morgan fingerprint density at radius 2 is 2.17 bits per heavy atom. The number of likely N-dealkylation sites (N-methyl/N-ethyl adjacent to an activating group) is 1. The van der Waals surface area contributed by atoms with Crippen LogP contribution in [0.5, 0.6) is 0 Å². The molecule has 0 radical (unpaired) electrons. The van der Waals surface area contributed by atoms with Gasteiger partial charge in [-0.2, -0.15) is 5.26 Å². The van der Waals surface area contributed by atoms with Gasteiger partial charge in [0.25, 0.3) is 0 Å². The van der Waals surface area contributed by atoms with E-state index in [0.29, 0.717) is 11.6 Å². The van der Waals surface area contributed by atoms with Gasteiger partial charge in [0.15, 0.2) is 0 Å². The Labute approximate surface area is 151 Å². The number of aromatic nitrogens is 2. The molecule has 3 rings (SSSR count). The zero-order chi connectivity index (χ0) is 17.1. The lowest BCUT2D eigenvalue weighted by Gasteiger charge is -2.39. The van der Waals surface area contributed by atoms with Crippen LogP contribution >= 0.6 is 15.9 Å². The van der Waals surface area contributed by atoms with E-state index in [1.165, 1.54) is 0 Å². The number of benzene rings is 1. The minimum atomic E-state index is 0.364. The van der Waals surface area contributed by atoms with Gasteiger partial charge < -0.3 is 9.80 Å². The Morgan fingerprint density at radius 3 is 2.92 bits per heavy atom. The highest BCUT2D eigenvalue weighted by Gasteiger charge is 2.25. The van der Waals surface area contributed by atoms with Crippen LogP contribution in [0.15, 0.2) is 35.1 Å². The van der Waals surface area contributed by atoms with Gasteiger partial charge in [-0.05, 0) is 38.0 Å². The summed E-state index contributed by atoms with van der Waals surface area (Å²) in [6.45, 7) is 3.84. The standard InChI is InChI=1S/C18H20BrN5/c1-13-8-18(22-12-21-13)23(2)16-4-3-7-24(11-16)17-6-5-15(19)9-14(17)10-20/h5-6,8-9,12,16H,3-4,7,11H2,1-2H3. The Kier molecular flexibility index (Phi) is 5.00. The van der Waals surface area contributed by atoms with E-state index < -0.39 is 0 Å². The van der Waals surface area contributed by atoms with Crippen molar-refractivity contribution in [2.24, 2.45) is 0 Å². The summed E-state index contributed by atoms with van der Waals surface area (Å²) >= 11 is 3.44. The van der Waals surface area contributed by atoms with Gasteiger partial charge in [-0.15, -0.1) is 0 Å². The fraction of sp³-hybridized carbons (Fsp3) is 0.389. The first-order chi connectivity index (χ1) is 11.6. The Morgan fingerprint density at radius 1 is 1.33 bits per heavy atom. The van der Waals surface area contributed by atoms with Crippen LogP contribution in [0, 0.1) is 18.3 Å². The van der Waals surface area contributed by atoms with Crippen LogP contribution in [0.1, 0.15) is 24.1 Å². The van der Waals surface area contributed by atoms with Crippen LogP contribution in [-0.2, 0) is 0 Å². The van der Waals surface area contributed by atoms with Crippen molar-refractivity contribution in [1.29, 1.82) is 5.26 Å². The summed E-state index contributed by atoms with van der Waals surface area (Å²) in [4.78, 5) is 13.1. The molecule has 6 heteroatoms. The number of anilines is 2. The van der Waals surface area contributed by atoms with Crippen LogP contribution < -0.4 is 9.80 Å². The maximum absolute atomic E-state index is 9.43. The summed E-state index contributed by atoms with van der Waals surface area (Å²) in [5.41, 5.74) is 2.70. The maximum atomic E-state index is 9.43. The summed E-state index contributed by atoms with van der Waals surface area (Å²) in [6, 6.07) is 10.6. The quantitative estimate of drug-likeness (QED) is 0.808. The molecule has 0 N–H and O–H groups in total. The third-order valence-electron chi connectivity index (χ3n) is 4.51. The zero-order valence-corrected chi connectivity index (χ0v) is 15.5. The van der Waals surface area contributed by atoms with Crippen molar-refractivity contribution in [1.82, 2.24) is 9.97 Å². The van der Waals surface area contributed by atoms with E-state index in [9.17, 15) is 5.26 Å². The molecular formula is C18H20BrN5. The molecule has 1 aliphatic rings. The second-order valence-electron chi connectivity index (χ2n) is 6.14. The Balaban J connectivity index is 1.81. The maximum Gasteiger partial charge on any atom is 0.132 e. The number of nitriles is 1. The molecule has 5 nitrogen and oxygen atoms in total. The van der Waals surface area contributed by atoms with Gasteiger partial charge >= 0.3 is 0 Å². The molecule has 1 aliphatic heterocycles. The summed E-state index contributed by atoms with van der Waals surface area (Å²) in [6.07, 6.45) is 3.83. The average Bonchev–Trinajstić information content (AvgIpc) is 2.61. The number of hydrogen-bond donors (Lipinski definition) is 0. The molecule has 0 spiro atoms. The van der Waals surface area contributed by atoms with Gasteiger partial charge in [0, 0.05) is 42.4 Å². The molecule has 1 saturated heterocycles. The molecule has 1 aromatic carbocycles. The monoisotopic (exact) mass is 385 g/mol. The van der Waals surface area contributed by atoms with Crippen LogP contribution in [0.4, 0.5) is 11.5 Å². The summed E-state index contributed by atoms with van der Waals surface area (Å²) in [5, 5.41) is 9.43. The zero-order valence-electron chi connectivity index (χ0n) is 13.9. The van der Waals surface area contributed by atoms with Crippen molar-refractivity contribution in [2.75, 3.05) is 29.9 Å². The topological polar surface area (TPSA) is 56.0 Å². The minimum Gasteiger partial charge on any atom is -0.368 e. The third kappa shape index (κ3) is 3.51. The normalized spacial score (nSPS) is 17.4. The fourth-order valence-electron chi connectivity index (χ4n) is 3.18. The SMILES string of the molecule is Cc1cc(N(C)C2CCCN(c3ccc(Br)cc3C#N)C2)ncn1. The molecule has 0 aliphatic carbocycles. The Hall–Kier alpha value is -2.13. The van der Waals surface area contributed by atoms with E-state index in [1.54, 1.807) is 6.33 Å². The van der Waals surface area contributed by atoms with Crippen LogP contribution in [0.25, 0.3) is 0 Å². The van der Waals surface area contributed by atoms with Gasteiger partial charge in [0.2, 0.25) is 0 Å². The number of halogens is 1. The molecule has 1 atom stereocenters. The highest BCUT2D eigenvalue weighted by molar-refractivity contribution is 9.10. The number of piperidine rings is 1. The predicted octanol–water partition coefficient (Wildman–Crippen LogP) is 3.52. The molecule has 0 bridgehead atoms. The number of rotatable bonds is 3. The number of aryl methyl sites for hydroxylation is 1. The fourth-order valence-corrected chi connectivity index (χ4v) is 3.54. The van der Waals surface area contributed by atoms with Crippen molar-refractivity contribution in [3.05, 3.63) is 46.3 Å². The predicted molar refractivity (Wildman–Crippen MR) is 99.3 cm³/mol. The Bertz CT molecular complexity index is 770. The molecule has 2 heterocycles. The second-order valence-corrected chi connectivity index (χ2v) is 7.06. The molecule has 2 aromatic rings. The van der Waals surface area contributed by atoms with E-state index in [4.69, 9.17) is 0 Å². The third-order valence-corrected chi connectivity index (χ3v) is 5.01. The molecule has 124 valence electrons. The first-order valence-electron chi connectivity index (χ1n) is 8.04. The minimum absolute atomic E-state index is 0.364. The van der Waals surface area contributed by atoms with E-state index in [1.807, 2.05) is 31.2 Å². The van der Waals surface area contributed by atoms with Gasteiger partial charge in [-0.25, -0.2) is 9.97 Å². The van der Waals surface area contributed by atoms with Crippen LogP contribution in [0.3, 0.4) is 0 Å². The molecule has 0 amide bonds. The molecular weight excluding hydrogens is 366 g/mol. The van der Waals surface area contributed by atoms with Crippen LogP contribution in [0.2, 0.25) is 0 Å². The van der Waals surface area contributed by atoms with E-state index >= 15 is 0 Å². The molecule has 24 heavy (non-hydrogen) atoms. The van der Waals surface area contributed by atoms with E-state index in [0.717, 1.165) is 47.6 Å². The molecule has 1 fully saturated rings. The van der Waals surface area contributed by atoms with Crippen molar-refractivity contribution in [3.8, 4) is 6.07 Å². The number of nitrogens with zero attached hydrogens (tertiary/aromatic N) is 5. The summed E-state index contributed by atoms with van der Waals surface area (Å²) in [7, 11) is 2.09. The largest absolute Gasteiger partial charge is 0.368 e. The van der Waals surface area contributed by atoms with Crippen molar-refractivity contribution in [3.63, 3.8) is 0 Å². The van der Waals surface area contributed by atoms with Crippen molar-refractivity contribution in [2.45, 2.75) is 25.8 Å². The number of hydrogen-bond acceptors (Lipinski definition) is 5. The second kappa shape index (κ2) is 7.18. The van der Waals surface area contributed by atoms with Gasteiger partial charge in [-0.1, -0.05) is 15.9 Å². The molecule has 0 saturated carbocycles. The lowest BCUT2D eigenvalue weighted by atomic mass is 10.0. The summed E-state index contributed by atoms with van der Waals surface area (Å²) < 4.78 is 0.935. The van der Waals surface area contributed by atoms with E-state index in [2.05, 4.69) is 48.8 Å². The van der Waals surface area contributed by atoms with Gasteiger partial charge in [-0.3, -0.25) is 0 Å². The van der Waals surface area contributed by atoms with Gasteiger partial charge in [0.05, 0.1) is 11.3 Å². The first kappa shape index (κ1) is 16.7. The first-order valence-corrected chi connectivity index (χ1v) is 8.84. The smallest absolute Gasteiger partial charge is 0.132 e. The van der Waals surface area contributed by atoms with Crippen LogP contribution in [-0.4, -0.2) is 36.1 Å². The highest BCUT2D eigenvalue weighted by Crippen LogP contribution is 2.28. The highest BCUT2D eigenvalue weighted by atomic mass is 79.9. The van der Waals surface area contributed by atoms with Crippen molar-refractivity contribution >= 4 is 27.4 Å². The molecule has 1 unspecified atom stereocenters. The average molecular weight is 386 g/mol. The summed E-state index contributed by atoms with van der Waals surface area (Å²) in [5.74, 6) is 0.950.